The average molecular weight is 408 g/mol. The number of anilines is 2. The zero-order valence-corrected chi connectivity index (χ0v) is 16.6. The molecular formula is C22H24N4O4. The lowest BCUT2D eigenvalue weighted by molar-refractivity contribution is -0.384. The standard InChI is InChI=1S/C22H24N4O4/c27-21(15-5-4-6-18(13-15)26(29)30)24-17-9-10-20(25-11-2-1-3-12-25)19(14-17)22(28)23-16-7-8-16/h4-6,9-10,13-14,16H,1-3,7-8,11-12H2,(H,23,28)(H,24,27). The number of benzene rings is 2. The summed E-state index contributed by atoms with van der Waals surface area (Å²) in [6, 6.07) is 11.1. The molecule has 1 saturated heterocycles. The number of piperidine rings is 1. The average Bonchev–Trinajstić information content (AvgIpc) is 3.58. The zero-order chi connectivity index (χ0) is 21.1. The summed E-state index contributed by atoms with van der Waals surface area (Å²) in [6.07, 6.45) is 5.36. The van der Waals surface area contributed by atoms with Gasteiger partial charge in [-0.05, 0) is 56.4 Å². The molecule has 2 aromatic carbocycles. The van der Waals surface area contributed by atoms with Gasteiger partial charge in [-0.3, -0.25) is 19.7 Å². The maximum atomic E-state index is 12.9. The van der Waals surface area contributed by atoms with Crippen LogP contribution < -0.4 is 15.5 Å². The molecule has 156 valence electrons. The molecule has 2 aliphatic rings. The third-order valence-electron chi connectivity index (χ3n) is 5.43. The molecule has 0 bridgehead atoms. The first-order chi connectivity index (χ1) is 14.5. The third-order valence-corrected chi connectivity index (χ3v) is 5.43. The Bertz CT molecular complexity index is 981. The zero-order valence-electron chi connectivity index (χ0n) is 16.6. The van der Waals surface area contributed by atoms with Crippen molar-refractivity contribution in [1.29, 1.82) is 0 Å². The SMILES string of the molecule is O=C(Nc1ccc(N2CCCCC2)c(C(=O)NC2CC2)c1)c1cccc([N+](=O)[O-])c1. The molecule has 0 unspecified atom stereocenters. The molecule has 2 N–H and O–H groups in total. The number of hydrogen-bond acceptors (Lipinski definition) is 5. The summed E-state index contributed by atoms with van der Waals surface area (Å²) in [5.74, 6) is -0.595. The summed E-state index contributed by atoms with van der Waals surface area (Å²) in [5, 5.41) is 16.7. The van der Waals surface area contributed by atoms with Crippen LogP contribution in [0.4, 0.5) is 17.1 Å². The summed E-state index contributed by atoms with van der Waals surface area (Å²) in [6.45, 7) is 1.81. The van der Waals surface area contributed by atoms with Crippen molar-refractivity contribution in [2.45, 2.75) is 38.1 Å². The maximum Gasteiger partial charge on any atom is 0.270 e. The number of nitro benzene ring substituents is 1. The number of rotatable bonds is 6. The fourth-order valence-electron chi connectivity index (χ4n) is 3.66. The minimum Gasteiger partial charge on any atom is -0.371 e. The fourth-order valence-corrected chi connectivity index (χ4v) is 3.66. The van der Waals surface area contributed by atoms with Crippen LogP contribution in [-0.2, 0) is 0 Å². The van der Waals surface area contributed by atoms with E-state index in [4.69, 9.17) is 0 Å². The molecule has 2 aromatic rings. The van der Waals surface area contributed by atoms with E-state index < -0.39 is 10.8 Å². The Morgan fingerprint density at radius 3 is 2.47 bits per heavy atom. The smallest absolute Gasteiger partial charge is 0.270 e. The molecule has 0 spiro atoms. The maximum absolute atomic E-state index is 12.9. The summed E-state index contributed by atoms with van der Waals surface area (Å²) < 4.78 is 0. The molecule has 2 fully saturated rings. The molecule has 8 heteroatoms. The van der Waals surface area contributed by atoms with Crippen molar-refractivity contribution >= 4 is 28.9 Å². The summed E-state index contributed by atoms with van der Waals surface area (Å²) in [5.41, 5.74) is 1.94. The highest BCUT2D eigenvalue weighted by molar-refractivity contribution is 6.06. The lowest BCUT2D eigenvalue weighted by atomic mass is 10.1. The van der Waals surface area contributed by atoms with E-state index in [-0.39, 0.29) is 23.2 Å². The van der Waals surface area contributed by atoms with Crippen molar-refractivity contribution < 1.29 is 14.5 Å². The van der Waals surface area contributed by atoms with Crippen LogP contribution in [0.25, 0.3) is 0 Å². The highest BCUT2D eigenvalue weighted by Crippen LogP contribution is 2.29. The Kier molecular flexibility index (Phi) is 5.65. The number of nitrogens with one attached hydrogen (secondary N) is 2. The van der Waals surface area contributed by atoms with E-state index in [1.165, 1.54) is 30.7 Å². The van der Waals surface area contributed by atoms with Gasteiger partial charge in [-0.15, -0.1) is 0 Å². The van der Waals surface area contributed by atoms with Gasteiger partial charge in [-0.1, -0.05) is 6.07 Å². The quantitative estimate of drug-likeness (QED) is 0.560. The second-order valence-electron chi connectivity index (χ2n) is 7.79. The second-order valence-corrected chi connectivity index (χ2v) is 7.79. The molecular weight excluding hydrogens is 384 g/mol. The van der Waals surface area contributed by atoms with Crippen molar-refractivity contribution in [1.82, 2.24) is 5.32 Å². The second kappa shape index (κ2) is 8.52. The minimum atomic E-state index is -0.537. The van der Waals surface area contributed by atoms with Crippen molar-refractivity contribution in [2.24, 2.45) is 0 Å². The van der Waals surface area contributed by atoms with E-state index in [1.54, 1.807) is 12.1 Å². The minimum absolute atomic E-state index is 0.135. The van der Waals surface area contributed by atoms with E-state index in [1.807, 2.05) is 6.07 Å². The Labute approximate surface area is 174 Å². The van der Waals surface area contributed by atoms with Gasteiger partial charge in [0.25, 0.3) is 17.5 Å². The van der Waals surface area contributed by atoms with Crippen LogP contribution in [0, 0.1) is 10.1 Å². The van der Waals surface area contributed by atoms with Gasteiger partial charge in [-0.2, -0.15) is 0 Å². The van der Waals surface area contributed by atoms with Gasteiger partial charge in [0, 0.05) is 48.2 Å². The molecule has 0 radical (unpaired) electrons. The van der Waals surface area contributed by atoms with E-state index in [9.17, 15) is 19.7 Å². The van der Waals surface area contributed by atoms with Gasteiger partial charge in [0.2, 0.25) is 0 Å². The van der Waals surface area contributed by atoms with Crippen LogP contribution >= 0.6 is 0 Å². The molecule has 4 rings (SSSR count). The number of hydrogen-bond donors (Lipinski definition) is 2. The van der Waals surface area contributed by atoms with E-state index in [0.717, 1.165) is 44.5 Å². The molecule has 1 heterocycles. The van der Waals surface area contributed by atoms with Gasteiger partial charge in [-0.25, -0.2) is 0 Å². The predicted molar refractivity (Wildman–Crippen MR) is 114 cm³/mol. The number of carbonyl (C=O) groups is 2. The van der Waals surface area contributed by atoms with Crippen molar-refractivity contribution in [3.63, 3.8) is 0 Å². The van der Waals surface area contributed by atoms with Crippen LogP contribution in [0.15, 0.2) is 42.5 Å². The van der Waals surface area contributed by atoms with Crippen LogP contribution in [-0.4, -0.2) is 35.9 Å². The number of nitrogens with zero attached hydrogens (tertiary/aromatic N) is 2. The molecule has 0 aromatic heterocycles. The number of non-ortho nitro benzene ring substituents is 1. The van der Waals surface area contributed by atoms with Gasteiger partial charge >= 0.3 is 0 Å². The third kappa shape index (κ3) is 4.59. The normalized spacial score (nSPS) is 16.1. The van der Waals surface area contributed by atoms with Crippen LogP contribution in [0.2, 0.25) is 0 Å². The summed E-state index contributed by atoms with van der Waals surface area (Å²) in [4.78, 5) is 38.1. The molecule has 30 heavy (non-hydrogen) atoms. The fraction of sp³-hybridized carbons (Fsp3) is 0.364. The van der Waals surface area contributed by atoms with Gasteiger partial charge < -0.3 is 15.5 Å². The van der Waals surface area contributed by atoms with Crippen molar-refractivity contribution in [2.75, 3.05) is 23.3 Å². The Morgan fingerprint density at radius 1 is 1.00 bits per heavy atom. The van der Waals surface area contributed by atoms with Crippen LogP contribution in [0.1, 0.15) is 52.8 Å². The highest BCUT2D eigenvalue weighted by atomic mass is 16.6. The largest absolute Gasteiger partial charge is 0.371 e. The molecule has 1 saturated carbocycles. The Balaban J connectivity index is 1.58. The molecule has 8 nitrogen and oxygen atoms in total. The predicted octanol–water partition coefficient (Wildman–Crippen LogP) is 3.73. The van der Waals surface area contributed by atoms with Gasteiger partial charge in [0.15, 0.2) is 0 Å². The van der Waals surface area contributed by atoms with Crippen molar-refractivity contribution in [3.8, 4) is 0 Å². The first-order valence-corrected chi connectivity index (χ1v) is 10.3. The molecule has 1 aliphatic carbocycles. The lowest BCUT2D eigenvalue weighted by Gasteiger charge is -2.30. The Hall–Kier alpha value is -3.42. The van der Waals surface area contributed by atoms with E-state index in [0.29, 0.717) is 11.3 Å². The monoisotopic (exact) mass is 408 g/mol. The molecule has 1 aliphatic heterocycles. The Morgan fingerprint density at radius 2 is 1.77 bits per heavy atom. The van der Waals surface area contributed by atoms with E-state index >= 15 is 0 Å². The summed E-state index contributed by atoms with van der Waals surface area (Å²) >= 11 is 0. The van der Waals surface area contributed by atoms with Gasteiger partial charge in [0.1, 0.15) is 0 Å². The molecule has 0 atom stereocenters. The van der Waals surface area contributed by atoms with Crippen LogP contribution in [0.3, 0.4) is 0 Å². The lowest BCUT2D eigenvalue weighted by Crippen LogP contribution is -2.33. The topological polar surface area (TPSA) is 105 Å². The first kappa shape index (κ1) is 19.9. The first-order valence-electron chi connectivity index (χ1n) is 10.3. The number of nitro groups is 1. The number of carbonyl (C=O) groups excluding carboxylic acids is 2. The molecule has 2 amide bonds. The van der Waals surface area contributed by atoms with Gasteiger partial charge in [0.05, 0.1) is 10.5 Å². The number of amides is 2. The van der Waals surface area contributed by atoms with Crippen LogP contribution in [0.5, 0.6) is 0 Å². The highest BCUT2D eigenvalue weighted by Gasteiger charge is 2.26. The van der Waals surface area contributed by atoms with Crippen molar-refractivity contribution in [3.05, 3.63) is 63.7 Å². The summed E-state index contributed by atoms with van der Waals surface area (Å²) in [7, 11) is 0. The van der Waals surface area contributed by atoms with E-state index in [2.05, 4.69) is 15.5 Å².